The second kappa shape index (κ2) is 5.35. The van der Waals surface area contributed by atoms with Crippen LogP contribution in [0.5, 0.6) is 0 Å². The number of hydrogen-bond acceptors (Lipinski definition) is 2. The van der Waals surface area contributed by atoms with Crippen LogP contribution < -0.4 is 11.1 Å². The van der Waals surface area contributed by atoms with Crippen LogP contribution in [0.15, 0.2) is 0 Å². The zero-order valence-electron chi connectivity index (χ0n) is 9.25. The Morgan fingerprint density at radius 3 is 2.79 bits per heavy atom. The first kappa shape index (κ1) is 11.5. The monoisotopic (exact) mass is 198 g/mol. The molecule has 3 atom stereocenters. The summed E-state index contributed by atoms with van der Waals surface area (Å²) >= 11 is 0. The van der Waals surface area contributed by atoms with E-state index in [1.165, 1.54) is 0 Å². The van der Waals surface area contributed by atoms with Gasteiger partial charge in [0.15, 0.2) is 0 Å². The van der Waals surface area contributed by atoms with Crippen LogP contribution in [0.1, 0.15) is 46.0 Å². The molecule has 3 unspecified atom stereocenters. The molecule has 1 aliphatic rings. The zero-order valence-corrected chi connectivity index (χ0v) is 9.25. The van der Waals surface area contributed by atoms with Gasteiger partial charge in [0.1, 0.15) is 0 Å². The largest absolute Gasteiger partial charge is 0.352 e. The molecular weight excluding hydrogens is 176 g/mol. The van der Waals surface area contributed by atoms with Crippen LogP contribution in [-0.2, 0) is 4.79 Å². The van der Waals surface area contributed by atoms with E-state index in [1.807, 2.05) is 0 Å². The standard InChI is InChI=1S/C11H22N2O/c1-3-8(2)7-11(14)13-10-6-4-5-9(10)12/h8-10H,3-7,12H2,1-2H3,(H,13,14). The second-order valence-electron chi connectivity index (χ2n) is 4.49. The lowest BCUT2D eigenvalue weighted by Gasteiger charge is -2.18. The highest BCUT2D eigenvalue weighted by Crippen LogP contribution is 2.17. The van der Waals surface area contributed by atoms with Gasteiger partial charge in [-0.15, -0.1) is 0 Å². The smallest absolute Gasteiger partial charge is 0.220 e. The maximum absolute atomic E-state index is 11.5. The molecule has 82 valence electrons. The normalized spacial score (nSPS) is 28.8. The maximum atomic E-state index is 11.5. The molecule has 1 fully saturated rings. The summed E-state index contributed by atoms with van der Waals surface area (Å²) in [5, 5.41) is 3.03. The third-order valence-electron chi connectivity index (χ3n) is 3.15. The molecular formula is C11H22N2O. The molecule has 14 heavy (non-hydrogen) atoms. The van der Waals surface area contributed by atoms with Crippen molar-refractivity contribution in [3.63, 3.8) is 0 Å². The number of rotatable bonds is 4. The van der Waals surface area contributed by atoms with Crippen LogP contribution >= 0.6 is 0 Å². The van der Waals surface area contributed by atoms with Gasteiger partial charge in [-0.05, 0) is 25.2 Å². The Kier molecular flexibility index (Phi) is 4.39. The number of nitrogens with one attached hydrogen (secondary N) is 1. The minimum absolute atomic E-state index is 0.168. The van der Waals surface area contributed by atoms with Gasteiger partial charge in [-0.1, -0.05) is 20.3 Å². The van der Waals surface area contributed by atoms with Gasteiger partial charge >= 0.3 is 0 Å². The highest BCUT2D eigenvalue weighted by atomic mass is 16.1. The molecule has 0 aromatic rings. The van der Waals surface area contributed by atoms with E-state index in [1.54, 1.807) is 0 Å². The fourth-order valence-corrected chi connectivity index (χ4v) is 1.89. The Hall–Kier alpha value is -0.570. The summed E-state index contributed by atoms with van der Waals surface area (Å²) in [5.41, 5.74) is 5.88. The van der Waals surface area contributed by atoms with E-state index in [9.17, 15) is 4.79 Å². The van der Waals surface area contributed by atoms with Crippen molar-refractivity contribution in [3.05, 3.63) is 0 Å². The third kappa shape index (κ3) is 3.29. The summed E-state index contributed by atoms with van der Waals surface area (Å²) < 4.78 is 0. The number of hydrogen-bond donors (Lipinski definition) is 2. The van der Waals surface area contributed by atoms with E-state index in [0.29, 0.717) is 12.3 Å². The summed E-state index contributed by atoms with van der Waals surface area (Å²) in [5.74, 6) is 0.648. The van der Waals surface area contributed by atoms with Crippen LogP contribution in [0.4, 0.5) is 0 Å². The summed E-state index contributed by atoms with van der Waals surface area (Å²) in [6.07, 6.45) is 4.95. The summed E-state index contributed by atoms with van der Waals surface area (Å²) in [4.78, 5) is 11.5. The Morgan fingerprint density at radius 1 is 1.57 bits per heavy atom. The average molecular weight is 198 g/mol. The van der Waals surface area contributed by atoms with Crippen molar-refractivity contribution in [1.82, 2.24) is 5.32 Å². The highest BCUT2D eigenvalue weighted by Gasteiger charge is 2.25. The van der Waals surface area contributed by atoms with Crippen molar-refractivity contribution >= 4 is 5.91 Å². The number of carbonyl (C=O) groups excluding carboxylic acids is 1. The van der Waals surface area contributed by atoms with Crippen molar-refractivity contribution in [3.8, 4) is 0 Å². The molecule has 3 nitrogen and oxygen atoms in total. The number of carbonyl (C=O) groups is 1. The van der Waals surface area contributed by atoms with Crippen LogP contribution in [0.3, 0.4) is 0 Å². The van der Waals surface area contributed by atoms with Crippen molar-refractivity contribution in [2.45, 2.75) is 58.0 Å². The highest BCUT2D eigenvalue weighted by molar-refractivity contribution is 5.76. The molecule has 1 amide bonds. The van der Waals surface area contributed by atoms with E-state index in [0.717, 1.165) is 25.7 Å². The summed E-state index contributed by atoms with van der Waals surface area (Å²) in [6.45, 7) is 4.22. The number of amides is 1. The molecule has 3 heteroatoms. The molecule has 0 radical (unpaired) electrons. The average Bonchev–Trinajstić information content (AvgIpc) is 2.51. The molecule has 1 saturated carbocycles. The maximum Gasteiger partial charge on any atom is 0.220 e. The predicted octanol–water partition coefficient (Wildman–Crippen LogP) is 1.42. The van der Waals surface area contributed by atoms with Gasteiger partial charge in [0, 0.05) is 18.5 Å². The molecule has 1 rings (SSSR count). The minimum atomic E-state index is 0.168. The summed E-state index contributed by atoms with van der Waals surface area (Å²) in [7, 11) is 0. The zero-order chi connectivity index (χ0) is 10.6. The van der Waals surface area contributed by atoms with Gasteiger partial charge in [-0.25, -0.2) is 0 Å². The van der Waals surface area contributed by atoms with Crippen molar-refractivity contribution in [2.24, 2.45) is 11.7 Å². The second-order valence-corrected chi connectivity index (χ2v) is 4.49. The fourth-order valence-electron chi connectivity index (χ4n) is 1.89. The first-order valence-corrected chi connectivity index (χ1v) is 5.68. The van der Waals surface area contributed by atoms with Gasteiger partial charge in [0.2, 0.25) is 5.91 Å². The number of nitrogens with two attached hydrogens (primary N) is 1. The van der Waals surface area contributed by atoms with Crippen molar-refractivity contribution in [2.75, 3.05) is 0 Å². The molecule has 0 saturated heterocycles. The molecule has 3 N–H and O–H groups in total. The van der Waals surface area contributed by atoms with E-state index in [-0.39, 0.29) is 18.0 Å². The molecule has 0 aromatic carbocycles. The molecule has 0 bridgehead atoms. The lowest BCUT2D eigenvalue weighted by atomic mass is 10.0. The lowest BCUT2D eigenvalue weighted by molar-refractivity contribution is -0.122. The fraction of sp³-hybridized carbons (Fsp3) is 0.909. The third-order valence-corrected chi connectivity index (χ3v) is 3.15. The summed E-state index contributed by atoms with van der Waals surface area (Å²) in [6, 6.07) is 0.405. The van der Waals surface area contributed by atoms with Crippen LogP contribution in [0.2, 0.25) is 0 Å². The van der Waals surface area contributed by atoms with Crippen LogP contribution in [0, 0.1) is 5.92 Å². The van der Waals surface area contributed by atoms with Crippen LogP contribution in [0.25, 0.3) is 0 Å². The van der Waals surface area contributed by atoms with Gasteiger partial charge in [-0.2, -0.15) is 0 Å². The Bertz CT molecular complexity index is 194. The lowest BCUT2D eigenvalue weighted by Crippen LogP contribution is -2.44. The Morgan fingerprint density at radius 2 is 2.29 bits per heavy atom. The molecule has 0 spiro atoms. The molecule has 0 aromatic heterocycles. The van der Waals surface area contributed by atoms with Gasteiger partial charge in [-0.3, -0.25) is 4.79 Å². The molecule has 1 aliphatic carbocycles. The predicted molar refractivity (Wildman–Crippen MR) is 57.8 cm³/mol. The minimum Gasteiger partial charge on any atom is -0.352 e. The molecule has 0 heterocycles. The Labute approximate surface area is 86.4 Å². The van der Waals surface area contributed by atoms with Gasteiger partial charge in [0.05, 0.1) is 0 Å². The first-order valence-electron chi connectivity index (χ1n) is 5.68. The SMILES string of the molecule is CCC(C)CC(=O)NC1CCCC1N. The van der Waals surface area contributed by atoms with Crippen molar-refractivity contribution in [1.29, 1.82) is 0 Å². The van der Waals surface area contributed by atoms with E-state index >= 15 is 0 Å². The van der Waals surface area contributed by atoms with Crippen LogP contribution in [-0.4, -0.2) is 18.0 Å². The quantitative estimate of drug-likeness (QED) is 0.717. The first-order chi connectivity index (χ1) is 6.63. The van der Waals surface area contributed by atoms with E-state index in [2.05, 4.69) is 19.2 Å². The van der Waals surface area contributed by atoms with Gasteiger partial charge < -0.3 is 11.1 Å². The van der Waals surface area contributed by atoms with E-state index in [4.69, 9.17) is 5.73 Å². The van der Waals surface area contributed by atoms with Gasteiger partial charge in [0.25, 0.3) is 0 Å². The van der Waals surface area contributed by atoms with Crippen molar-refractivity contribution < 1.29 is 4.79 Å². The van der Waals surface area contributed by atoms with E-state index < -0.39 is 0 Å². The Balaban J connectivity index is 2.26. The topological polar surface area (TPSA) is 55.1 Å². The molecule has 0 aliphatic heterocycles.